The van der Waals surface area contributed by atoms with E-state index in [-0.39, 0.29) is 6.09 Å². The molecule has 1 atom stereocenters. The van der Waals surface area contributed by atoms with Crippen LogP contribution in [0.15, 0.2) is 30.3 Å². The SMILES string of the molecule is COc1cc2c3c(c4ccc(OC(=O)N(C)C)cc4c2cc1OC)CN1CCC[C@H]1C3. The number of nitrogens with zero attached hydrogens (tertiary/aromatic N) is 2. The third-order valence-electron chi connectivity index (χ3n) is 6.69. The lowest BCUT2D eigenvalue weighted by Gasteiger charge is -2.33. The highest BCUT2D eigenvalue weighted by molar-refractivity contribution is 6.12. The molecule has 2 heterocycles. The van der Waals surface area contributed by atoms with Crippen molar-refractivity contribution in [3.05, 3.63) is 41.5 Å². The van der Waals surface area contributed by atoms with Crippen molar-refractivity contribution in [1.82, 2.24) is 9.80 Å². The van der Waals surface area contributed by atoms with Crippen LogP contribution >= 0.6 is 0 Å². The van der Waals surface area contributed by atoms with Crippen LogP contribution in [-0.4, -0.2) is 56.8 Å². The summed E-state index contributed by atoms with van der Waals surface area (Å²) < 4.78 is 16.8. The molecule has 3 aromatic rings. The van der Waals surface area contributed by atoms with E-state index in [1.165, 1.54) is 39.6 Å². The van der Waals surface area contributed by atoms with Crippen LogP contribution in [0.2, 0.25) is 0 Å². The topological polar surface area (TPSA) is 51.2 Å². The second-order valence-corrected chi connectivity index (χ2v) is 8.65. The predicted molar refractivity (Wildman–Crippen MR) is 121 cm³/mol. The van der Waals surface area contributed by atoms with Crippen molar-refractivity contribution in [2.75, 3.05) is 34.9 Å². The number of carbonyl (C=O) groups excluding carboxylic acids is 1. The lowest BCUT2D eigenvalue weighted by molar-refractivity contribution is 0.172. The van der Waals surface area contributed by atoms with Gasteiger partial charge in [-0.15, -0.1) is 0 Å². The summed E-state index contributed by atoms with van der Waals surface area (Å²) in [5, 5.41) is 4.57. The first kappa shape index (κ1) is 19.9. The van der Waals surface area contributed by atoms with E-state index in [0.29, 0.717) is 17.5 Å². The molecule has 162 valence electrons. The van der Waals surface area contributed by atoms with Crippen molar-refractivity contribution in [3.63, 3.8) is 0 Å². The van der Waals surface area contributed by atoms with Gasteiger partial charge in [0.05, 0.1) is 14.2 Å². The van der Waals surface area contributed by atoms with Gasteiger partial charge in [0, 0.05) is 26.7 Å². The van der Waals surface area contributed by atoms with Crippen LogP contribution < -0.4 is 14.2 Å². The van der Waals surface area contributed by atoms with Crippen LogP contribution in [0.3, 0.4) is 0 Å². The first-order valence-electron chi connectivity index (χ1n) is 10.8. The Labute approximate surface area is 182 Å². The monoisotopic (exact) mass is 420 g/mol. The van der Waals surface area contributed by atoms with Crippen LogP contribution in [-0.2, 0) is 13.0 Å². The fourth-order valence-corrected chi connectivity index (χ4v) is 5.13. The maximum Gasteiger partial charge on any atom is 0.414 e. The van der Waals surface area contributed by atoms with Crippen molar-refractivity contribution in [2.45, 2.75) is 31.8 Å². The van der Waals surface area contributed by atoms with Crippen LogP contribution in [0.1, 0.15) is 24.0 Å². The standard InChI is InChI=1S/C25H28N2O4/c1-26(2)25(28)31-16-7-8-17-19(11-16)21-13-24(30-4)23(29-3)12-20(21)18-10-15-6-5-9-27(15)14-22(17)18/h7-8,11-13,15H,5-6,9-10,14H2,1-4H3/t15-/m0/s1. The highest BCUT2D eigenvalue weighted by atomic mass is 16.6. The normalized spacial score (nSPS) is 18.0. The molecule has 5 rings (SSSR count). The Morgan fingerprint density at radius 1 is 0.968 bits per heavy atom. The van der Waals surface area contributed by atoms with E-state index in [1.54, 1.807) is 28.3 Å². The maximum absolute atomic E-state index is 12.1. The fourth-order valence-electron chi connectivity index (χ4n) is 5.13. The second-order valence-electron chi connectivity index (χ2n) is 8.65. The number of hydrogen-bond acceptors (Lipinski definition) is 5. The van der Waals surface area contributed by atoms with E-state index in [0.717, 1.165) is 36.0 Å². The molecule has 0 bridgehead atoms. The Balaban J connectivity index is 1.78. The van der Waals surface area contributed by atoms with Crippen LogP contribution in [0, 0.1) is 0 Å². The Kier molecular flexibility index (Phi) is 4.89. The smallest absolute Gasteiger partial charge is 0.414 e. The summed E-state index contributed by atoms with van der Waals surface area (Å²) >= 11 is 0. The minimum atomic E-state index is -0.388. The molecule has 0 unspecified atom stereocenters. The molecule has 0 N–H and O–H groups in total. The molecular formula is C25H28N2O4. The van der Waals surface area contributed by atoms with E-state index in [1.807, 2.05) is 12.1 Å². The van der Waals surface area contributed by atoms with E-state index in [9.17, 15) is 4.79 Å². The average Bonchev–Trinajstić information content (AvgIpc) is 3.24. The number of methoxy groups -OCH3 is 2. The predicted octanol–water partition coefficient (Wildman–Crippen LogP) is 4.59. The van der Waals surface area contributed by atoms with Crippen molar-refractivity contribution >= 4 is 27.6 Å². The third-order valence-corrected chi connectivity index (χ3v) is 6.69. The molecule has 1 saturated heterocycles. The van der Waals surface area contributed by atoms with Crippen LogP contribution in [0.25, 0.3) is 21.5 Å². The molecule has 2 aliphatic heterocycles. The third kappa shape index (κ3) is 3.26. The number of fused-ring (bicyclic) bond motifs is 7. The number of ether oxygens (including phenoxy) is 3. The van der Waals surface area contributed by atoms with Gasteiger partial charge in [-0.1, -0.05) is 6.07 Å². The van der Waals surface area contributed by atoms with Crippen molar-refractivity contribution in [2.24, 2.45) is 0 Å². The zero-order valence-corrected chi connectivity index (χ0v) is 18.5. The zero-order valence-electron chi connectivity index (χ0n) is 18.5. The van der Waals surface area contributed by atoms with Crippen LogP contribution in [0.5, 0.6) is 17.2 Å². The largest absolute Gasteiger partial charge is 0.493 e. The summed E-state index contributed by atoms with van der Waals surface area (Å²) in [6.45, 7) is 2.12. The summed E-state index contributed by atoms with van der Waals surface area (Å²) in [6, 6.07) is 10.7. The van der Waals surface area contributed by atoms with E-state index in [4.69, 9.17) is 14.2 Å². The fraction of sp³-hybridized carbons (Fsp3) is 0.400. The molecule has 0 aromatic heterocycles. The van der Waals surface area contributed by atoms with Gasteiger partial charge in [0.2, 0.25) is 0 Å². The van der Waals surface area contributed by atoms with Gasteiger partial charge in [0.25, 0.3) is 0 Å². The number of amides is 1. The summed E-state index contributed by atoms with van der Waals surface area (Å²) in [6.07, 6.45) is 3.18. The first-order valence-corrected chi connectivity index (χ1v) is 10.8. The van der Waals surface area contributed by atoms with Gasteiger partial charge < -0.3 is 19.1 Å². The van der Waals surface area contributed by atoms with Crippen LogP contribution in [0.4, 0.5) is 4.79 Å². The maximum atomic E-state index is 12.1. The minimum Gasteiger partial charge on any atom is -0.493 e. The zero-order chi connectivity index (χ0) is 21.7. The minimum absolute atomic E-state index is 0.388. The average molecular weight is 421 g/mol. The first-order chi connectivity index (χ1) is 15.0. The molecule has 3 aromatic carbocycles. The van der Waals surface area contributed by atoms with Gasteiger partial charge in [0.1, 0.15) is 5.75 Å². The second kappa shape index (κ2) is 7.61. The molecule has 1 amide bonds. The quantitative estimate of drug-likeness (QED) is 0.580. The number of rotatable bonds is 3. The van der Waals surface area contributed by atoms with Gasteiger partial charge >= 0.3 is 6.09 Å². The molecule has 0 radical (unpaired) electrons. The summed E-state index contributed by atoms with van der Waals surface area (Å²) in [5.41, 5.74) is 2.78. The van der Waals surface area contributed by atoms with Gasteiger partial charge in [-0.2, -0.15) is 0 Å². The highest BCUT2D eigenvalue weighted by Crippen LogP contribution is 2.44. The Hall–Kier alpha value is -2.99. The molecule has 1 fully saturated rings. The number of hydrogen-bond donors (Lipinski definition) is 0. The highest BCUT2D eigenvalue weighted by Gasteiger charge is 2.32. The molecule has 0 spiro atoms. The Bertz CT molecular complexity index is 1190. The summed E-state index contributed by atoms with van der Waals surface area (Å²) in [7, 11) is 6.69. The van der Waals surface area contributed by atoms with Gasteiger partial charge in [-0.05, 0) is 82.7 Å². The Morgan fingerprint density at radius 3 is 2.39 bits per heavy atom. The van der Waals surface area contributed by atoms with Crippen molar-refractivity contribution in [3.8, 4) is 17.2 Å². The lowest BCUT2D eigenvalue weighted by Crippen LogP contribution is -2.35. The number of carbonyl (C=O) groups is 1. The van der Waals surface area contributed by atoms with E-state index < -0.39 is 0 Å². The lowest BCUT2D eigenvalue weighted by atomic mass is 9.85. The molecule has 2 aliphatic rings. The molecule has 0 aliphatic carbocycles. The molecule has 0 saturated carbocycles. The van der Waals surface area contributed by atoms with Gasteiger partial charge in [0.15, 0.2) is 11.5 Å². The molecular weight excluding hydrogens is 392 g/mol. The van der Waals surface area contributed by atoms with Gasteiger partial charge in [-0.25, -0.2) is 4.79 Å². The molecule has 6 heteroatoms. The number of benzene rings is 3. The summed E-state index contributed by atoms with van der Waals surface area (Å²) in [4.78, 5) is 16.1. The Morgan fingerprint density at radius 2 is 1.68 bits per heavy atom. The molecule has 6 nitrogen and oxygen atoms in total. The summed E-state index contributed by atoms with van der Waals surface area (Å²) in [5.74, 6) is 1.97. The van der Waals surface area contributed by atoms with E-state index >= 15 is 0 Å². The van der Waals surface area contributed by atoms with Gasteiger partial charge in [-0.3, -0.25) is 4.90 Å². The van der Waals surface area contributed by atoms with Crippen molar-refractivity contribution in [1.29, 1.82) is 0 Å². The molecule has 31 heavy (non-hydrogen) atoms. The van der Waals surface area contributed by atoms with Crippen molar-refractivity contribution < 1.29 is 19.0 Å². The van der Waals surface area contributed by atoms with E-state index in [2.05, 4.69) is 23.1 Å².